The summed E-state index contributed by atoms with van der Waals surface area (Å²) in [5, 5.41) is 1.65. The number of carbonyl (C=O) groups is 1. The van der Waals surface area contributed by atoms with Crippen molar-refractivity contribution in [2.75, 3.05) is 63.9 Å². The summed E-state index contributed by atoms with van der Waals surface area (Å²) in [6.07, 6.45) is 3.63. The van der Waals surface area contributed by atoms with E-state index >= 15 is 4.39 Å². The largest absolute Gasteiger partial charge is 0.378 e. The Morgan fingerprint density at radius 3 is 2.58 bits per heavy atom. The van der Waals surface area contributed by atoms with Gasteiger partial charge in [-0.3, -0.25) is 9.78 Å². The first-order valence-corrected chi connectivity index (χ1v) is 13.9. The number of nitrogens with zero attached hydrogens (tertiary/aromatic N) is 5. The molecule has 2 fully saturated rings. The van der Waals surface area contributed by atoms with Gasteiger partial charge in [-0.15, -0.1) is 0 Å². The van der Waals surface area contributed by atoms with Crippen LogP contribution >= 0.6 is 11.8 Å². The maximum absolute atomic E-state index is 15.3. The summed E-state index contributed by atoms with van der Waals surface area (Å²) in [5.41, 5.74) is 4.07. The molecule has 0 saturated carbocycles. The van der Waals surface area contributed by atoms with Crippen molar-refractivity contribution in [3.8, 4) is 11.1 Å². The van der Waals surface area contributed by atoms with Crippen molar-refractivity contribution < 1.29 is 13.9 Å². The van der Waals surface area contributed by atoms with Crippen LogP contribution in [0.3, 0.4) is 0 Å². The maximum atomic E-state index is 15.3. The van der Waals surface area contributed by atoms with E-state index in [1.54, 1.807) is 12.3 Å². The number of morpholine rings is 1. The standard InChI is InChI=1S/C29H30FN5O2S/c1-2-33-9-11-34(12-10-33)26-6-4-21(19-24(26)30)22-7-8-31-25-5-3-20(17-23(22)25)18-27-28(36)32-29(38-27)35-13-15-37-16-14-35/h3-8,17-19H,2,9-16H2,1H3. The Labute approximate surface area is 226 Å². The number of halogens is 1. The molecule has 2 aromatic carbocycles. The predicted octanol–water partition coefficient (Wildman–Crippen LogP) is 4.49. The van der Waals surface area contributed by atoms with Crippen molar-refractivity contribution in [3.63, 3.8) is 0 Å². The van der Waals surface area contributed by atoms with E-state index < -0.39 is 0 Å². The topological polar surface area (TPSA) is 61.3 Å². The predicted molar refractivity (Wildman–Crippen MR) is 152 cm³/mol. The number of benzene rings is 2. The molecular formula is C29H30FN5O2S. The number of piperazine rings is 1. The van der Waals surface area contributed by atoms with Gasteiger partial charge in [0.05, 0.1) is 29.3 Å². The first-order valence-electron chi connectivity index (χ1n) is 13.1. The van der Waals surface area contributed by atoms with Crippen LogP contribution < -0.4 is 4.90 Å². The van der Waals surface area contributed by atoms with E-state index in [-0.39, 0.29) is 11.7 Å². The number of thioether (sulfide) groups is 1. The fourth-order valence-corrected chi connectivity index (χ4v) is 6.15. The second-order valence-electron chi connectivity index (χ2n) is 9.63. The quantitative estimate of drug-likeness (QED) is 0.460. The molecule has 9 heteroatoms. The summed E-state index contributed by atoms with van der Waals surface area (Å²) < 4.78 is 20.7. The van der Waals surface area contributed by atoms with E-state index in [4.69, 9.17) is 4.74 Å². The highest BCUT2D eigenvalue weighted by atomic mass is 32.2. The number of amidine groups is 1. The number of hydrogen-bond acceptors (Lipinski definition) is 7. The van der Waals surface area contributed by atoms with Gasteiger partial charge >= 0.3 is 0 Å². The van der Waals surface area contributed by atoms with Gasteiger partial charge in [0.2, 0.25) is 0 Å². The monoisotopic (exact) mass is 531 g/mol. The first-order chi connectivity index (χ1) is 18.6. The van der Waals surface area contributed by atoms with Crippen molar-refractivity contribution in [1.82, 2.24) is 14.8 Å². The normalized spacial score (nSPS) is 20.0. The summed E-state index contributed by atoms with van der Waals surface area (Å²) in [6.45, 7) is 9.50. The van der Waals surface area contributed by atoms with Crippen LogP contribution in [0, 0.1) is 5.82 Å². The van der Waals surface area contributed by atoms with Crippen molar-refractivity contribution in [2.24, 2.45) is 4.99 Å². The van der Waals surface area contributed by atoms with Crippen LogP contribution in [0.25, 0.3) is 28.1 Å². The van der Waals surface area contributed by atoms with Crippen LogP contribution in [0.4, 0.5) is 10.1 Å². The number of hydrogen-bond donors (Lipinski definition) is 0. The molecule has 3 aromatic rings. The van der Waals surface area contributed by atoms with E-state index in [2.05, 4.69) is 31.6 Å². The third-order valence-corrected chi connectivity index (χ3v) is 8.42. The molecule has 0 unspecified atom stereocenters. The Morgan fingerprint density at radius 1 is 1.00 bits per heavy atom. The lowest BCUT2D eigenvalue weighted by atomic mass is 9.99. The molecule has 38 heavy (non-hydrogen) atoms. The number of fused-ring (bicyclic) bond motifs is 1. The Morgan fingerprint density at radius 2 is 1.82 bits per heavy atom. The van der Waals surface area contributed by atoms with Gasteiger partial charge in [0.1, 0.15) is 5.82 Å². The molecule has 1 aromatic heterocycles. The van der Waals surface area contributed by atoms with E-state index in [9.17, 15) is 4.79 Å². The lowest BCUT2D eigenvalue weighted by Gasteiger charge is -2.35. The molecule has 1 amide bonds. The lowest BCUT2D eigenvalue weighted by molar-refractivity contribution is -0.113. The highest BCUT2D eigenvalue weighted by Crippen LogP contribution is 2.34. The average Bonchev–Trinajstić information content (AvgIpc) is 3.33. The third kappa shape index (κ3) is 5.06. The van der Waals surface area contributed by atoms with Gasteiger partial charge in [0.15, 0.2) is 5.17 Å². The SMILES string of the molecule is CCN1CCN(c2ccc(-c3ccnc4ccc(C=C5SC(N6CCOCC6)=NC5=O)cc34)cc2F)CC1. The average molecular weight is 532 g/mol. The minimum absolute atomic E-state index is 0.212. The van der Waals surface area contributed by atoms with Gasteiger partial charge in [-0.25, -0.2) is 4.39 Å². The van der Waals surface area contributed by atoms with Gasteiger partial charge in [0.25, 0.3) is 5.91 Å². The molecular weight excluding hydrogens is 501 g/mol. The van der Waals surface area contributed by atoms with Crippen LogP contribution in [0.1, 0.15) is 12.5 Å². The number of ether oxygens (including phenoxy) is 1. The summed E-state index contributed by atoms with van der Waals surface area (Å²) in [5.74, 6) is -0.433. The molecule has 3 aliphatic rings. The molecule has 4 heterocycles. The maximum Gasteiger partial charge on any atom is 0.286 e. The summed E-state index contributed by atoms with van der Waals surface area (Å²) >= 11 is 1.40. The van der Waals surface area contributed by atoms with E-state index in [0.717, 1.165) is 78.6 Å². The number of aliphatic imine (C=N–C) groups is 1. The second kappa shape index (κ2) is 10.8. The number of aromatic nitrogens is 1. The van der Waals surface area contributed by atoms with Crippen molar-refractivity contribution >= 4 is 45.5 Å². The third-order valence-electron chi connectivity index (χ3n) is 7.37. The molecule has 2 saturated heterocycles. The number of pyridine rings is 1. The number of likely N-dealkylation sites (N-methyl/N-ethyl adjacent to an activating group) is 1. The molecule has 0 N–H and O–H groups in total. The molecule has 6 rings (SSSR count). The first kappa shape index (κ1) is 25.0. The molecule has 0 bridgehead atoms. The van der Waals surface area contributed by atoms with Crippen LogP contribution in [-0.2, 0) is 9.53 Å². The van der Waals surface area contributed by atoms with Crippen molar-refractivity contribution in [3.05, 3.63) is 64.9 Å². The minimum Gasteiger partial charge on any atom is -0.378 e. The molecule has 196 valence electrons. The molecule has 0 atom stereocenters. The van der Waals surface area contributed by atoms with Gasteiger partial charge < -0.3 is 19.4 Å². The zero-order valence-electron chi connectivity index (χ0n) is 21.4. The molecule has 0 aliphatic carbocycles. The molecule has 7 nitrogen and oxygen atoms in total. The zero-order chi connectivity index (χ0) is 26.1. The van der Waals surface area contributed by atoms with Gasteiger partial charge in [-0.05, 0) is 71.4 Å². The minimum atomic E-state index is -0.222. The molecule has 3 aliphatic heterocycles. The Hall–Kier alpha value is -3.27. The highest BCUT2D eigenvalue weighted by molar-refractivity contribution is 8.18. The van der Waals surface area contributed by atoms with Crippen LogP contribution in [0.15, 0.2) is 58.6 Å². The van der Waals surface area contributed by atoms with Crippen molar-refractivity contribution in [1.29, 1.82) is 0 Å². The Balaban J connectivity index is 1.27. The van der Waals surface area contributed by atoms with E-state index in [0.29, 0.717) is 23.8 Å². The number of amides is 1. The number of carbonyl (C=O) groups excluding carboxylic acids is 1. The summed E-state index contributed by atoms with van der Waals surface area (Å²) in [7, 11) is 0. The molecule has 0 spiro atoms. The van der Waals surface area contributed by atoms with Crippen molar-refractivity contribution in [2.45, 2.75) is 6.92 Å². The van der Waals surface area contributed by atoms with E-state index in [1.807, 2.05) is 42.5 Å². The number of rotatable bonds is 4. The Bertz CT molecular complexity index is 1430. The van der Waals surface area contributed by atoms with Gasteiger partial charge in [-0.1, -0.05) is 19.1 Å². The van der Waals surface area contributed by atoms with Crippen LogP contribution in [0.5, 0.6) is 0 Å². The summed E-state index contributed by atoms with van der Waals surface area (Å²) in [4.78, 5) is 28.6. The smallest absolute Gasteiger partial charge is 0.286 e. The fraction of sp³-hybridized carbons (Fsp3) is 0.345. The highest BCUT2D eigenvalue weighted by Gasteiger charge is 2.27. The Kier molecular flexibility index (Phi) is 7.14. The van der Waals surface area contributed by atoms with Gasteiger partial charge in [-0.2, -0.15) is 4.99 Å². The zero-order valence-corrected chi connectivity index (χ0v) is 22.2. The van der Waals surface area contributed by atoms with Gasteiger partial charge in [0, 0.05) is 50.9 Å². The van der Waals surface area contributed by atoms with Crippen LogP contribution in [0.2, 0.25) is 0 Å². The van der Waals surface area contributed by atoms with E-state index in [1.165, 1.54) is 11.8 Å². The summed E-state index contributed by atoms with van der Waals surface area (Å²) in [6, 6.07) is 13.3. The number of anilines is 1. The van der Waals surface area contributed by atoms with Crippen LogP contribution in [-0.4, -0.2) is 84.9 Å². The fourth-order valence-electron chi connectivity index (χ4n) is 5.18. The second-order valence-corrected chi connectivity index (χ2v) is 10.6. The molecule has 0 radical (unpaired) electrons. The lowest BCUT2D eigenvalue weighted by Crippen LogP contribution is -2.46.